The lowest BCUT2D eigenvalue weighted by molar-refractivity contribution is 0.0953. The van der Waals surface area contributed by atoms with E-state index in [1.165, 1.54) is 18.7 Å². The Kier molecular flexibility index (Phi) is 2.47. The molecule has 0 unspecified atom stereocenters. The van der Waals surface area contributed by atoms with Gasteiger partial charge >= 0.3 is 0 Å². The highest BCUT2D eigenvalue weighted by molar-refractivity contribution is 5.93. The zero-order chi connectivity index (χ0) is 9.97. The zero-order valence-electron chi connectivity index (χ0n) is 7.86. The molecule has 1 aliphatic rings. The molecule has 3 N–H and O–H groups in total. The maximum absolute atomic E-state index is 11.1. The van der Waals surface area contributed by atoms with Crippen molar-refractivity contribution >= 4 is 5.91 Å². The van der Waals surface area contributed by atoms with E-state index in [-0.39, 0.29) is 5.91 Å². The second-order valence-corrected chi connectivity index (χ2v) is 3.45. The second-order valence-electron chi connectivity index (χ2n) is 3.45. The number of hydrogen-bond acceptors (Lipinski definition) is 3. The van der Waals surface area contributed by atoms with E-state index in [2.05, 4.69) is 10.3 Å². The second kappa shape index (κ2) is 3.77. The quantitative estimate of drug-likeness (QED) is 0.308. The van der Waals surface area contributed by atoms with E-state index in [0.717, 1.165) is 6.54 Å². The minimum Gasteiger partial charge on any atom is -0.297 e. The van der Waals surface area contributed by atoms with Crippen molar-refractivity contribution in [3.63, 3.8) is 0 Å². The number of hydrazine groups is 1. The van der Waals surface area contributed by atoms with Crippen LogP contribution in [0.4, 0.5) is 0 Å². The first-order valence-electron chi connectivity index (χ1n) is 4.62. The largest absolute Gasteiger partial charge is 0.297 e. The molecule has 0 saturated carbocycles. The van der Waals surface area contributed by atoms with Gasteiger partial charge in [0, 0.05) is 25.2 Å². The highest BCUT2D eigenvalue weighted by atomic mass is 16.2. The Morgan fingerprint density at radius 1 is 1.36 bits per heavy atom. The summed E-state index contributed by atoms with van der Waals surface area (Å²) in [4.78, 5) is 13.4. The third kappa shape index (κ3) is 2.10. The molecule has 2 rings (SSSR count). The fourth-order valence-corrected chi connectivity index (χ4v) is 1.33. The first-order chi connectivity index (χ1) is 6.79. The molecular formula is C10H13N3O. The van der Waals surface area contributed by atoms with Gasteiger partial charge in [-0.2, -0.15) is 0 Å². The molecule has 14 heavy (non-hydrogen) atoms. The molecule has 1 aliphatic heterocycles. The summed E-state index contributed by atoms with van der Waals surface area (Å²) in [6, 6.07) is 7.51. The molecular weight excluding hydrogens is 178 g/mol. The Hall–Kier alpha value is -1.39. The van der Waals surface area contributed by atoms with Crippen LogP contribution >= 0.6 is 0 Å². The lowest BCUT2D eigenvalue weighted by Crippen LogP contribution is -2.29. The van der Waals surface area contributed by atoms with Gasteiger partial charge in [0.25, 0.3) is 5.91 Å². The molecule has 0 aliphatic carbocycles. The first kappa shape index (κ1) is 9.18. The Labute approximate surface area is 82.7 Å². The Morgan fingerprint density at radius 3 is 2.50 bits per heavy atom. The van der Waals surface area contributed by atoms with Gasteiger partial charge in [0.2, 0.25) is 0 Å². The maximum Gasteiger partial charge on any atom is 0.265 e. The van der Waals surface area contributed by atoms with Crippen LogP contribution < -0.4 is 11.3 Å². The molecule has 1 aromatic rings. The van der Waals surface area contributed by atoms with Gasteiger partial charge in [0.15, 0.2) is 0 Å². The minimum atomic E-state index is -0.247. The summed E-state index contributed by atoms with van der Waals surface area (Å²) in [5, 5.41) is 0. The van der Waals surface area contributed by atoms with Crippen LogP contribution in [0.15, 0.2) is 24.3 Å². The SMILES string of the molecule is NNC(=O)c1ccc(CN2CC2)cc1. The average Bonchev–Trinajstić information content (AvgIpc) is 3.02. The standard InChI is InChI=1S/C10H13N3O/c11-12-10(14)9-3-1-8(2-4-9)7-13-5-6-13/h1-4H,5-7,11H2,(H,12,14). The van der Waals surface area contributed by atoms with Gasteiger partial charge < -0.3 is 0 Å². The van der Waals surface area contributed by atoms with Crippen LogP contribution in [0.25, 0.3) is 0 Å². The number of nitrogens with two attached hydrogens (primary N) is 1. The number of nitrogens with zero attached hydrogens (tertiary/aromatic N) is 1. The van der Waals surface area contributed by atoms with Crippen molar-refractivity contribution in [2.75, 3.05) is 13.1 Å². The average molecular weight is 191 g/mol. The maximum atomic E-state index is 11.1. The molecule has 0 bridgehead atoms. The van der Waals surface area contributed by atoms with E-state index in [0.29, 0.717) is 5.56 Å². The van der Waals surface area contributed by atoms with Crippen molar-refractivity contribution in [3.05, 3.63) is 35.4 Å². The van der Waals surface area contributed by atoms with E-state index >= 15 is 0 Å². The lowest BCUT2D eigenvalue weighted by atomic mass is 10.1. The van der Waals surface area contributed by atoms with Gasteiger partial charge in [-0.15, -0.1) is 0 Å². The fourth-order valence-electron chi connectivity index (χ4n) is 1.33. The van der Waals surface area contributed by atoms with Gasteiger partial charge in [-0.25, -0.2) is 5.84 Å². The molecule has 0 radical (unpaired) electrons. The number of carbonyl (C=O) groups excluding carboxylic acids is 1. The molecule has 1 amide bonds. The van der Waals surface area contributed by atoms with Gasteiger partial charge in [0.05, 0.1) is 0 Å². The number of nitrogen functional groups attached to an aromatic ring is 1. The van der Waals surface area contributed by atoms with Crippen LogP contribution in [0, 0.1) is 0 Å². The molecule has 4 nitrogen and oxygen atoms in total. The molecule has 0 atom stereocenters. The molecule has 1 aromatic carbocycles. The van der Waals surface area contributed by atoms with Crippen molar-refractivity contribution < 1.29 is 4.79 Å². The van der Waals surface area contributed by atoms with Gasteiger partial charge in [-0.1, -0.05) is 12.1 Å². The summed E-state index contributed by atoms with van der Waals surface area (Å²) >= 11 is 0. The minimum absolute atomic E-state index is 0.247. The highest BCUT2D eigenvalue weighted by Crippen LogP contribution is 2.12. The number of amides is 1. The molecule has 0 spiro atoms. The predicted molar refractivity (Wildman–Crippen MR) is 53.4 cm³/mol. The van der Waals surface area contributed by atoms with E-state index in [1.807, 2.05) is 12.1 Å². The topological polar surface area (TPSA) is 58.1 Å². The van der Waals surface area contributed by atoms with Crippen molar-refractivity contribution in [2.24, 2.45) is 5.84 Å². The summed E-state index contributed by atoms with van der Waals surface area (Å²) < 4.78 is 0. The van der Waals surface area contributed by atoms with E-state index in [4.69, 9.17) is 5.84 Å². The highest BCUT2D eigenvalue weighted by Gasteiger charge is 2.16. The smallest absolute Gasteiger partial charge is 0.265 e. The van der Waals surface area contributed by atoms with E-state index in [1.54, 1.807) is 12.1 Å². The summed E-state index contributed by atoms with van der Waals surface area (Å²) in [5.74, 6) is 4.78. The van der Waals surface area contributed by atoms with Crippen molar-refractivity contribution in [3.8, 4) is 0 Å². The van der Waals surface area contributed by atoms with Crippen molar-refractivity contribution in [1.82, 2.24) is 10.3 Å². The van der Waals surface area contributed by atoms with Gasteiger partial charge in [-0.3, -0.25) is 15.1 Å². The number of carbonyl (C=O) groups is 1. The van der Waals surface area contributed by atoms with Crippen LogP contribution in [0.1, 0.15) is 15.9 Å². The molecule has 1 saturated heterocycles. The Morgan fingerprint density at radius 2 is 2.00 bits per heavy atom. The number of hydrogen-bond donors (Lipinski definition) is 2. The summed E-state index contributed by atoms with van der Waals surface area (Å²) in [6.45, 7) is 3.35. The summed E-state index contributed by atoms with van der Waals surface area (Å²) in [6.07, 6.45) is 0. The van der Waals surface area contributed by atoms with Gasteiger partial charge in [-0.05, 0) is 17.7 Å². The molecule has 1 fully saturated rings. The number of benzene rings is 1. The Bertz CT molecular complexity index is 330. The predicted octanol–water partition coefficient (Wildman–Crippen LogP) is 0.106. The molecule has 74 valence electrons. The number of rotatable bonds is 3. The van der Waals surface area contributed by atoms with Crippen molar-refractivity contribution in [2.45, 2.75) is 6.54 Å². The third-order valence-corrected chi connectivity index (χ3v) is 2.29. The lowest BCUT2D eigenvalue weighted by Gasteiger charge is -2.03. The third-order valence-electron chi connectivity index (χ3n) is 2.29. The monoisotopic (exact) mass is 191 g/mol. The van der Waals surface area contributed by atoms with Crippen LogP contribution in [0.2, 0.25) is 0 Å². The molecule has 0 aromatic heterocycles. The van der Waals surface area contributed by atoms with E-state index < -0.39 is 0 Å². The van der Waals surface area contributed by atoms with E-state index in [9.17, 15) is 4.79 Å². The summed E-state index contributed by atoms with van der Waals surface area (Å²) in [7, 11) is 0. The summed E-state index contributed by atoms with van der Waals surface area (Å²) in [5.41, 5.74) is 3.94. The van der Waals surface area contributed by atoms with Crippen LogP contribution in [-0.4, -0.2) is 23.9 Å². The van der Waals surface area contributed by atoms with Crippen molar-refractivity contribution in [1.29, 1.82) is 0 Å². The molecule has 4 heteroatoms. The van der Waals surface area contributed by atoms with Crippen LogP contribution in [0.5, 0.6) is 0 Å². The molecule has 1 heterocycles. The van der Waals surface area contributed by atoms with Crippen LogP contribution in [0.3, 0.4) is 0 Å². The van der Waals surface area contributed by atoms with Crippen LogP contribution in [-0.2, 0) is 6.54 Å². The fraction of sp³-hybridized carbons (Fsp3) is 0.300. The Balaban J connectivity index is 2.04. The van der Waals surface area contributed by atoms with Gasteiger partial charge in [0.1, 0.15) is 0 Å². The normalized spacial score (nSPS) is 15.2. The first-order valence-corrected chi connectivity index (χ1v) is 4.62. The number of nitrogens with one attached hydrogen (secondary N) is 1. The zero-order valence-corrected chi connectivity index (χ0v) is 7.86.